The van der Waals surface area contributed by atoms with Crippen molar-refractivity contribution in [1.29, 1.82) is 0 Å². The minimum absolute atomic E-state index is 0.0957. The number of esters is 1. The summed E-state index contributed by atoms with van der Waals surface area (Å²) in [5, 5.41) is 11.2. The molecule has 0 saturated heterocycles. The van der Waals surface area contributed by atoms with Crippen LogP contribution in [0.15, 0.2) is 35.5 Å². The third-order valence-corrected chi connectivity index (χ3v) is 2.23. The third-order valence-electron chi connectivity index (χ3n) is 2.23. The van der Waals surface area contributed by atoms with Gasteiger partial charge in [0, 0.05) is 6.42 Å². The van der Waals surface area contributed by atoms with Crippen LogP contribution in [0.3, 0.4) is 0 Å². The molecular formula is C12H13NO4. The van der Waals surface area contributed by atoms with E-state index < -0.39 is 17.5 Å². The van der Waals surface area contributed by atoms with Crippen LogP contribution in [0.25, 0.3) is 0 Å². The minimum atomic E-state index is -0.925. The van der Waals surface area contributed by atoms with Crippen molar-refractivity contribution < 1.29 is 19.5 Å². The van der Waals surface area contributed by atoms with Gasteiger partial charge in [-0.25, -0.2) is 4.79 Å². The second-order valence-electron chi connectivity index (χ2n) is 3.35. The van der Waals surface area contributed by atoms with Gasteiger partial charge in [-0.3, -0.25) is 4.79 Å². The van der Waals surface area contributed by atoms with Crippen molar-refractivity contribution in [3.63, 3.8) is 0 Å². The normalized spacial score (nSPS) is 11.0. The van der Waals surface area contributed by atoms with Crippen LogP contribution in [0.4, 0.5) is 0 Å². The highest BCUT2D eigenvalue weighted by Crippen LogP contribution is 2.03. The van der Waals surface area contributed by atoms with Crippen LogP contribution in [-0.2, 0) is 20.7 Å². The van der Waals surface area contributed by atoms with Crippen LogP contribution in [0.5, 0.6) is 0 Å². The van der Waals surface area contributed by atoms with Crippen LogP contribution in [0, 0.1) is 0 Å². The maximum absolute atomic E-state index is 11.6. The lowest BCUT2D eigenvalue weighted by atomic mass is 10.1. The predicted molar refractivity (Wildman–Crippen MR) is 61.0 cm³/mol. The summed E-state index contributed by atoms with van der Waals surface area (Å²) in [5.41, 5.74) is 0.409. The number of carbonyl (C=O) groups is 2. The monoisotopic (exact) mass is 235 g/mol. The SMILES string of the molecule is COC(=O)C(=NO)C(=O)CCc1ccccc1. The number of ketones is 1. The van der Waals surface area contributed by atoms with Crippen LogP contribution < -0.4 is 0 Å². The number of ether oxygens (including phenoxy) is 1. The van der Waals surface area contributed by atoms with E-state index in [-0.39, 0.29) is 6.42 Å². The van der Waals surface area contributed by atoms with Gasteiger partial charge in [0.05, 0.1) is 7.11 Å². The largest absolute Gasteiger partial charge is 0.464 e. The summed E-state index contributed by atoms with van der Waals surface area (Å²) in [6.07, 6.45) is 0.578. The van der Waals surface area contributed by atoms with Gasteiger partial charge in [0.2, 0.25) is 5.71 Å². The molecule has 1 rings (SSSR count). The van der Waals surface area contributed by atoms with Crippen molar-refractivity contribution in [2.24, 2.45) is 5.16 Å². The van der Waals surface area contributed by atoms with Gasteiger partial charge >= 0.3 is 5.97 Å². The van der Waals surface area contributed by atoms with E-state index in [4.69, 9.17) is 5.21 Å². The number of carbonyl (C=O) groups excluding carboxylic acids is 2. The molecule has 1 N–H and O–H groups in total. The van der Waals surface area contributed by atoms with E-state index >= 15 is 0 Å². The van der Waals surface area contributed by atoms with Crippen molar-refractivity contribution in [2.75, 3.05) is 7.11 Å². The van der Waals surface area contributed by atoms with Gasteiger partial charge in [0.1, 0.15) is 0 Å². The molecule has 0 saturated carbocycles. The molecule has 0 aliphatic rings. The third kappa shape index (κ3) is 3.71. The fourth-order valence-corrected chi connectivity index (χ4v) is 1.33. The number of hydrogen-bond donors (Lipinski definition) is 1. The molecule has 90 valence electrons. The Hall–Kier alpha value is -2.17. The molecule has 0 bridgehead atoms. The van der Waals surface area contributed by atoms with Crippen molar-refractivity contribution in [3.8, 4) is 0 Å². The Morgan fingerprint density at radius 3 is 2.47 bits per heavy atom. The molecule has 1 aromatic rings. The van der Waals surface area contributed by atoms with Crippen LogP contribution >= 0.6 is 0 Å². The lowest BCUT2D eigenvalue weighted by Crippen LogP contribution is -2.25. The highest BCUT2D eigenvalue weighted by atomic mass is 16.5. The summed E-state index contributed by atoms with van der Waals surface area (Å²) in [5.74, 6) is -1.46. The average molecular weight is 235 g/mol. The number of nitrogens with zero attached hydrogens (tertiary/aromatic N) is 1. The maximum atomic E-state index is 11.6. The Balaban J connectivity index is 2.58. The second kappa shape index (κ2) is 6.42. The molecule has 17 heavy (non-hydrogen) atoms. The van der Waals surface area contributed by atoms with Crippen molar-refractivity contribution in [1.82, 2.24) is 0 Å². The molecule has 1 aromatic carbocycles. The van der Waals surface area contributed by atoms with Gasteiger partial charge in [0.25, 0.3) is 0 Å². The summed E-state index contributed by atoms with van der Waals surface area (Å²) >= 11 is 0. The fourth-order valence-electron chi connectivity index (χ4n) is 1.33. The van der Waals surface area contributed by atoms with E-state index in [1.54, 1.807) is 0 Å². The quantitative estimate of drug-likeness (QED) is 0.273. The van der Waals surface area contributed by atoms with Crippen LogP contribution in [-0.4, -0.2) is 29.8 Å². The van der Waals surface area contributed by atoms with Crippen molar-refractivity contribution in [2.45, 2.75) is 12.8 Å². The molecule has 5 nitrogen and oxygen atoms in total. The molecule has 0 aliphatic heterocycles. The number of rotatable bonds is 5. The van der Waals surface area contributed by atoms with Gasteiger partial charge in [-0.1, -0.05) is 35.5 Å². The molecule has 0 aliphatic carbocycles. The van der Waals surface area contributed by atoms with E-state index in [1.165, 1.54) is 0 Å². The Labute approximate surface area is 98.7 Å². The Morgan fingerprint density at radius 1 is 1.29 bits per heavy atom. The minimum Gasteiger partial charge on any atom is -0.464 e. The average Bonchev–Trinajstić information content (AvgIpc) is 2.38. The number of benzene rings is 1. The van der Waals surface area contributed by atoms with E-state index in [0.29, 0.717) is 6.42 Å². The van der Waals surface area contributed by atoms with Crippen molar-refractivity contribution in [3.05, 3.63) is 35.9 Å². The molecule has 0 radical (unpaired) electrons. The topological polar surface area (TPSA) is 76.0 Å². The highest BCUT2D eigenvalue weighted by molar-refractivity contribution is 6.64. The summed E-state index contributed by atoms with van der Waals surface area (Å²) in [6.45, 7) is 0. The van der Waals surface area contributed by atoms with Crippen molar-refractivity contribution >= 4 is 17.5 Å². The molecular weight excluding hydrogens is 222 g/mol. The first kappa shape index (κ1) is 12.9. The summed E-state index contributed by atoms with van der Waals surface area (Å²) < 4.78 is 4.33. The molecule has 0 fully saturated rings. The first-order valence-electron chi connectivity index (χ1n) is 5.06. The highest BCUT2D eigenvalue weighted by Gasteiger charge is 2.21. The van der Waals surface area contributed by atoms with E-state index in [9.17, 15) is 9.59 Å². The molecule has 0 heterocycles. The standard InChI is InChI=1S/C12H13NO4/c1-17-12(15)11(13-16)10(14)8-7-9-5-3-2-4-6-9/h2-6,16H,7-8H2,1H3. The smallest absolute Gasteiger partial charge is 0.363 e. The van der Waals surface area contributed by atoms with E-state index in [2.05, 4.69) is 9.89 Å². The van der Waals surface area contributed by atoms with Gasteiger partial charge in [0.15, 0.2) is 5.78 Å². The first-order chi connectivity index (χ1) is 8.19. The molecule has 0 amide bonds. The molecule has 0 aromatic heterocycles. The zero-order chi connectivity index (χ0) is 12.7. The summed E-state index contributed by atoms with van der Waals surface area (Å²) in [6, 6.07) is 9.35. The van der Waals surface area contributed by atoms with Crippen LogP contribution in [0.1, 0.15) is 12.0 Å². The van der Waals surface area contributed by atoms with Gasteiger partial charge in [-0.15, -0.1) is 0 Å². The first-order valence-corrected chi connectivity index (χ1v) is 5.06. The lowest BCUT2D eigenvalue weighted by molar-refractivity contribution is -0.133. The zero-order valence-electron chi connectivity index (χ0n) is 9.42. The fraction of sp³-hybridized carbons (Fsp3) is 0.250. The molecule has 0 spiro atoms. The number of methoxy groups -OCH3 is 1. The lowest BCUT2D eigenvalue weighted by Gasteiger charge is -2.02. The number of hydrogen-bond acceptors (Lipinski definition) is 5. The number of oxime groups is 1. The zero-order valence-corrected chi connectivity index (χ0v) is 9.42. The van der Waals surface area contributed by atoms with Gasteiger partial charge in [-0.05, 0) is 12.0 Å². The maximum Gasteiger partial charge on any atom is 0.363 e. The molecule has 0 unspecified atom stereocenters. The number of Topliss-reactive ketones (excluding diaryl/α,β-unsaturated/α-hetero) is 1. The van der Waals surface area contributed by atoms with E-state index in [0.717, 1.165) is 12.7 Å². The second-order valence-corrected chi connectivity index (χ2v) is 3.35. The Morgan fingerprint density at radius 2 is 1.94 bits per heavy atom. The van der Waals surface area contributed by atoms with Gasteiger partial charge in [-0.2, -0.15) is 0 Å². The molecule has 5 heteroatoms. The number of aryl methyl sites for hydroxylation is 1. The van der Waals surface area contributed by atoms with E-state index in [1.807, 2.05) is 30.3 Å². The predicted octanol–water partition coefficient (Wildman–Crippen LogP) is 1.19. The Bertz CT molecular complexity index is 425. The molecule has 0 atom stereocenters. The van der Waals surface area contributed by atoms with Crippen LogP contribution in [0.2, 0.25) is 0 Å². The Kier molecular flexibility index (Phi) is 4.87. The van der Waals surface area contributed by atoms with Gasteiger partial charge < -0.3 is 9.94 Å². The summed E-state index contributed by atoms with van der Waals surface area (Å²) in [4.78, 5) is 22.6. The summed E-state index contributed by atoms with van der Waals surface area (Å²) in [7, 11) is 1.12.